The predicted octanol–water partition coefficient (Wildman–Crippen LogP) is 1.14. The smallest absolute Gasteiger partial charge is 0.0794 e. The standard InChI is InChI=1S/C9H14N2OS2/c12-14(5-8-2-1-3-11-8)6-9-4-10-7-13-9/h4,7-8,11H,1-3,5-6H2/t8-,14+/m0/s1. The van der Waals surface area contributed by atoms with Gasteiger partial charge in [-0.25, -0.2) is 0 Å². The summed E-state index contributed by atoms with van der Waals surface area (Å²) in [6.45, 7) is 1.09. The van der Waals surface area contributed by atoms with Crippen LogP contribution in [0.15, 0.2) is 11.7 Å². The van der Waals surface area contributed by atoms with E-state index in [4.69, 9.17) is 0 Å². The summed E-state index contributed by atoms with van der Waals surface area (Å²) in [5, 5.41) is 3.36. The number of rotatable bonds is 4. The Morgan fingerprint density at radius 2 is 2.64 bits per heavy atom. The number of hydrogen-bond donors (Lipinski definition) is 1. The molecule has 78 valence electrons. The molecule has 1 fully saturated rings. The zero-order chi connectivity index (χ0) is 9.80. The Balaban J connectivity index is 1.78. The lowest BCUT2D eigenvalue weighted by molar-refractivity contribution is 0.643. The summed E-state index contributed by atoms with van der Waals surface area (Å²) in [6, 6.07) is 0.476. The molecule has 1 aliphatic rings. The molecule has 2 heterocycles. The fraction of sp³-hybridized carbons (Fsp3) is 0.667. The van der Waals surface area contributed by atoms with Gasteiger partial charge in [-0.3, -0.25) is 9.19 Å². The molecule has 1 N–H and O–H groups in total. The van der Waals surface area contributed by atoms with Gasteiger partial charge in [0.25, 0.3) is 0 Å². The molecule has 0 aliphatic carbocycles. The van der Waals surface area contributed by atoms with Crippen LogP contribution in [0.1, 0.15) is 17.7 Å². The first-order valence-corrected chi connectivity index (χ1v) is 7.17. The van der Waals surface area contributed by atoms with Crippen LogP contribution in [-0.2, 0) is 16.6 Å². The average Bonchev–Trinajstić information content (AvgIpc) is 2.76. The molecule has 3 nitrogen and oxygen atoms in total. The fourth-order valence-corrected chi connectivity index (χ4v) is 3.94. The van der Waals surface area contributed by atoms with Gasteiger partial charge < -0.3 is 5.32 Å². The van der Waals surface area contributed by atoms with Gasteiger partial charge in [0, 0.05) is 33.7 Å². The normalized spacial score (nSPS) is 23.9. The van der Waals surface area contributed by atoms with Crippen LogP contribution in [0.4, 0.5) is 0 Å². The number of aromatic nitrogens is 1. The van der Waals surface area contributed by atoms with Crippen molar-refractivity contribution in [2.45, 2.75) is 24.6 Å². The van der Waals surface area contributed by atoms with Gasteiger partial charge in [0.05, 0.1) is 11.3 Å². The molecule has 2 atom stereocenters. The van der Waals surface area contributed by atoms with E-state index in [-0.39, 0.29) is 0 Å². The number of thiazole rings is 1. The van der Waals surface area contributed by atoms with Gasteiger partial charge in [0.1, 0.15) is 0 Å². The van der Waals surface area contributed by atoms with E-state index in [9.17, 15) is 4.21 Å². The van der Waals surface area contributed by atoms with Crippen LogP contribution in [0.3, 0.4) is 0 Å². The summed E-state index contributed by atoms with van der Waals surface area (Å²) < 4.78 is 11.7. The molecule has 2 rings (SSSR count). The van der Waals surface area contributed by atoms with Crippen molar-refractivity contribution in [1.29, 1.82) is 0 Å². The Morgan fingerprint density at radius 3 is 3.29 bits per heavy atom. The number of hydrogen-bond acceptors (Lipinski definition) is 4. The Morgan fingerprint density at radius 1 is 1.71 bits per heavy atom. The van der Waals surface area contributed by atoms with Gasteiger partial charge in [-0.05, 0) is 19.4 Å². The SMILES string of the molecule is O=[S@@](Cc1cncs1)C[C@@H]1CCCN1. The minimum Gasteiger partial charge on any atom is -0.313 e. The first kappa shape index (κ1) is 10.3. The monoisotopic (exact) mass is 230 g/mol. The topological polar surface area (TPSA) is 42.0 Å². The Bertz CT molecular complexity index is 294. The maximum atomic E-state index is 11.7. The molecule has 0 spiro atoms. The molecule has 0 radical (unpaired) electrons. The second-order valence-electron chi connectivity index (χ2n) is 3.51. The van der Waals surface area contributed by atoms with E-state index in [2.05, 4.69) is 10.3 Å². The van der Waals surface area contributed by atoms with Crippen molar-refractivity contribution in [2.75, 3.05) is 12.3 Å². The maximum Gasteiger partial charge on any atom is 0.0794 e. The van der Waals surface area contributed by atoms with E-state index in [0.29, 0.717) is 11.8 Å². The highest BCUT2D eigenvalue weighted by Gasteiger charge is 2.17. The molecule has 5 heteroatoms. The van der Waals surface area contributed by atoms with Gasteiger partial charge in [0.2, 0.25) is 0 Å². The molecule has 0 amide bonds. The van der Waals surface area contributed by atoms with Gasteiger partial charge in [0.15, 0.2) is 0 Å². The van der Waals surface area contributed by atoms with Crippen molar-refractivity contribution >= 4 is 22.1 Å². The molecular weight excluding hydrogens is 216 g/mol. The van der Waals surface area contributed by atoms with Crippen molar-refractivity contribution in [1.82, 2.24) is 10.3 Å². The van der Waals surface area contributed by atoms with E-state index in [1.54, 1.807) is 16.8 Å². The van der Waals surface area contributed by atoms with E-state index in [1.807, 2.05) is 6.20 Å². The lowest BCUT2D eigenvalue weighted by Crippen LogP contribution is -2.27. The molecule has 14 heavy (non-hydrogen) atoms. The molecule has 1 saturated heterocycles. The van der Waals surface area contributed by atoms with Gasteiger partial charge in [-0.15, -0.1) is 11.3 Å². The van der Waals surface area contributed by atoms with Crippen molar-refractivity contribution < 1.29 is 4.21 Å². The highest BCUT2D eigenvalue weighted by atomic mass is 32.2. The summed E-state index contributed by atoms with van der Waals surface area (Å²) in [5.74, 6) is 1.46. The highest BCUT2D eigenvalue weighted by Crippen LogP contribution is 2.12. The van der Waals surface area contributed by atoms with Crippen LogP contribution in [0, 0.1) is 0 Å². The highest BCUT2D eigenvalue weighted by molar-refractivity contribution is 7.84. The van der Waals surface area contributed by atoms with Gasteiger partial charge >= 0.3 is 0 Å². The average molecular weight is 230 g/mol. The van der Waals surface area contributed by atoms with Gasteiger partial charge in [-0.1, -0.05) is 0 Å². The second kappa shape index (κ2) is 5.00. The molecule has 1 aromatic heterocycles. The predicted molar refractivity (Wildman–Crippen MR) is 59.9 cm³/mol. The lowest BCUT2D eigenvalue weighted by Gasteiger charge is -2.08. The second-order valence-corrected chi connectivity index (χ2v) is 5.98. The van der Waals surface area contributed by atoms with Crippen LogP contribution in [0.25, 0.3) is 0 Å². The lowest BCUT2D eigenvalue weighted by atomic mass is 10.3. The van der Waals surface area contributed by atoms with Crippen LogP contribution >= 0.6 is 11.3 Å². The molecular formula is C9H14N2OS2. The van der Waals surface area contributed by atoms with Crippen LogP contribution in [0.2, 0.25) is 0 Å². The Labute approximate surface area is 90.4 Å². The largest absolute Gasteiger partial charge is 0.313 e. The number of nitrogens with one attached hydrogen (secondary N) is 1. The quantitative estimate of drug-likeness (QED) is 0.843. The summed E-state index contributed by atoms with van der Waals surface area (Å²) in [5.41, 5.74) is 1.79. The molecule has 1 aliphatic heterocycles. The number of nitrogens with zero attached hydrogens (tertiary/aromatic N) is 1. The van der Waals surface area contributed by atoms with Gasteiger partial charge in [-0.2, -0.15) is 0 Å². The van der Waals surface area contributed by atoms with Crippen LogP contribution in [0.5, 0.6) is 0 Å². The third-order valence-electron chi connectivity index (χ3n) is 2.34. The summed E-state index contributed by atoms with van der Waals surface area (Å²) in [6.07, 6.45) is 4.21. The van der Waals surface area contributed by atoms with E-state index < -0.39 is 10.8 Å². The zero-order valence-electron chi connectivity index (χ0n) is 7.94. The molecule has 0 bridgehead atoms. The third-order valence-corrected chi connectivity index (χ3v) is 4.71. The molecule has 0 saturated carbocycles. The summed E-state index contributed by atoms with van der Waals surface area (Å²) in [4.78, 5) is 5.10. The van der Waals surface area contributed by atoms with Crippen LogP contribution < -0.4 is 5.32 Å². The third kappa shape index (κ3) is 2.87. The molecule has 0 aromatic carbocycles. The minimum atomic E-state index is -0.731. The molecule has 0 unspecified atom stereocenters. The minimum absolute atomic E-state index is 0.476. The van der Waals surface area contributed by atoms with Crippen molar-refractivity contribution in [3.63, 3.8) is 0 Å². The Hall–Kier alpha value is -0.260. The fourth-order valence-electron chi connectivity index (χ4n) is 1.65. The van der Waals surface area contributed by atoms with Crippen molar-refractivity contribution in [2.24, 2.45) is 0 Å². The van der Waals surface area contributed by atoms with E-state index in [0.717, 1.165) is 17.2 Å². The first-order valence-electron chi connectivity index (χ1n) is 4.80. The Kier molecular flexibility index (Phi) is 3.67. The first-order chi connectivity index (χ1) is 6.84. The molecule has 1 aromatic rings. The maximum absolute atomic E-state index is 11.7. The van der Waals surface area contributed by atoms with E-state index in [1.165, 1.54) is 12.8 Å². The van der Waals surface area contributed by atoms with E-state index >= 15 is 0 Å². The summed E-state index contributed by atoms with van der Waals surface area (Å²) >= 11 is 1.58. The van der Waals surface area contributed by atoms with Crippen molar-refractivity contribution in [3.05, 3.63) is 16.6 Å². The summed E-state index contributed by atoms with van der Waals surface area (Å²) in [7, 11) is -0.731. The van der Waals surface area contributed by atoms with Crippen LogP contribution in [-0.4, -0.2) is 27.5 Å². The zero-order valence-corrected chi connectivity index (χ0v) is 9.57. The van der Waals surface area contributed by atoms with Crippen molar-refractivity contribution in [3.8, 4) is 0 Å².